The van der Waals surface area contributed by atoms with E-state index in [-0.39, 0.29) is 14.4 Å². The number of rotatable bonds is 7. The molecule has 3 aliphatic rings. The van der Waals surface area contributed by atoms with E-state index in [1.54, 1.807) is 0 Å². The molecule has 2 unspecified atom stereocenters. The average Bonchev–Trinajstić information content (AvgIpc) is 2.63. The number of hydrogen-bond acceptors (Lipinski definition) is 5. The fourth-order valence-electron chi connectivity index (χ4n) is 4.12. The molecule has 1 aromatic carbocycles. The standard InChI is InChI=1S/C19H27NO4.B/c1-2-23-17(21)8-11-19(14-24-16-6-4-3-5-7-16)18(22)15-9-12-20(19)13-10-15;/h3-7,15,18,22H,2,8-14H2,1H3;. The van der Waals surface area contributed by atoms with Crippen LogP contribution in [0.1, 0.15) is 32.6 Å². The molecule has 135 valence electrons. The molecule has 6 heteroatoms. The molecule has 2 bridgehead atoms. The molecule has 4 rings (SSSR count). The van der Waals surface area contributed by atoms with Gasteiger partial charge in [-0.25, -0.2) is 0 Å². The van der Waals surface area contributed by atoms with E-state index < -0.39 is 11.6 Å². The first-order valence-corrected chi connectivity index (χ1v) is 8.92. The minimum absolute atomic E-state index is 0. The Morgan fingerprint density at radius 2 is 1.96 bits per heavy atom. The highest BCUT2D eigenvalue weighted by atomic mass is 16.5. The lowest BCUT2D eigenvalue weighted by Crippen LogP contribution is -2.69. The smallest absolute Gasteiger partial charge is 0.305 e. The van der Waals surface area contributed by atoms with Crippen molar-refractivity contribution in [3.05, 3.63) is 30.3 Å². The molecule has 0 aliphatic carbocycles. The van der Waals surface area contributed by atoms with Gasteiger partial charge in [-0.3, -0.25) is 9.69 Å². The molecule has 0 amide bonds. The van der Waals surface area contributed by atoms with Crippen molar-refractivity contribution in [2.24, 2.45) is 5.92 Å². The first kappa shape index (κ1) is 19.8. The number of benzene rings is 1. The molecule has 3 aliphatic heterocycles. The summed E-state index contributed by atoms with van der Waals surface area (Å²) in [7, 11) is 0. The van der Waals surface area contributed by atoms with Gasteiger partial charge in [0.2, 0.25) is 0 Å². The van der Waals surface area contributed by atoms with Crippen molar-refractivity contribution >= 4 is 14.4 Å². The third kappa shape index (κ3) is 4.18. The van der Waals surface area contributed by atoms with E-state index in [4.69, 9.17) is 9.47 Å². The largest absolute Gasteiger partial charge is 0.492 e. The summed E-state index contributed by atoms with van der Waals surface area (Å²) >= 11 is 0. The molecule has 3 heterocycles. The molecule has 1 aromatic rings. The van der Waals surface area contributed by atoms with E-state index in [9.17, 15) is 9.90 Å². The summed E-state index contributed by atoms with van der Waals surface area (Å²) in [6, 6.07) is 9.66. The number of para-hydroxylation sites is 1. The maximum Gasteiger partial charge on any atom is 0.305 e. The Balaban J connectivity index is 0.00000225. The molecule has 1 N–H and O–H groups in total. The van der Waals surface area contributed by atoms with Crippen LogP contribution in [0.15, 0.2) is 30.3 Å². The van der Waals surface area contributed by atoms with E-state index >= 15 is 0 Å². The number of hydrogen-bond donors (Lipinski definition) is 1. The van der Waals surface area contributed by atoms with Crippen LogP contribution in [-0.4, -0.2) is 62.3 Å². The quantitative estimate of drug-likeness (QED) is 0.604. The summed E-state index contributed by atoms with van der Waals surface area (Å²) in [5.74, 6) is 0.894. The Kier molecular flexibility index (Phi) is 6.91. The Morgan fingerprint density at radius 3 is 2.56 bits per heavy atom. The van der Waals surface area contributed by atoms with Crippen LogP contribution in [0.4, 0.5) is 0 Å². The van der Waals surface area contributed by atoms with Crippen molar-refractivity contribution in [2.45, 2.75) is 44.2 Å². The summed E-state index contributed by atoms with van der Waals surface area (Å²) in [6.07, 6.45) is 2.46. The van der Waals surface area contributed by atoms with Crippen molar-refractivity contribution in [1.29, 1.82) is 0 Å². The normalized spacial score (nSPS) is 30.4. The molecular formula is C19H27BNO4. The number of esters is 1. The van der Waals surface area contributed by atoms with Crippen LogP contribution in [-0.2, 0) is 9.53 Å². The molecule has 0 spiro atoms. The number of ether oxygens (including phenoxy) is 2. The highest BCUT2D eigenvalue weighted by Gasteiger charge is 2.53. The maximum atomic E-state index is 11.9. The lowest BCUT2D eigenvalue weighted by molar-refractivity contribution is -0.160. The number of carbonyl (C=O) groups excluding carboxylic acids is 1. The second-order valence-corrected chi connectivity index (χ2v) is 6.78. The predicted molar refractivity (Wildman–Crippen MR) is 96.6 cm³/mol. The van der Waals surface area contributed by atoms with E-state index in [0.717, 1.165) is 31.7 Å². The Morgan fingerprint density at radius 1 is 1.28 bits per heavy atom. The summed E-state index contributed by atoms with van der Waals surface area (Å²) in [5.41, 5.74) is -0.496. The molecular weight excluding hydrogens is 317 g/mol. The lowest BCUT2D eigenvalue weighted by Gasteiger charge is -2.57. The van der Waals surface area contributed by atoms with Gasteiger partial charge in [-0.1, -0.05) is 18.2 Å². The SMILES string of the molecule is CCOC(=O)CCC1(COc2ccccc2)C(O)C2CCN1CC2.[B]. The lowest BCUT2D eigenvalue weighted by atomic mass is 9.70. The van der Waals surface area contributed by atoms with Crippen molar-refractivity contribution in [3.8, 4) is 5.75 Å². The number of piperidine rings is 3. The molecule has 3 fully saturated rings. The molecule has 3 radical (unpaired) electrons. The van der Waals surface area contributed by atoms with Crippen LogP contribution >= 0.6 is 0 Å². The Bertz CT molecular complexity index is 544. The number of carbonyl (C=O) groups is 1. The average molecular weight is 344 g/mol. The Hall–Kier alpha value is -1.53. The first-order valence-electron chi connectivity index (χ1n) is 8.92. The summed E-state index contributed by atoms with van der Waals surface area (Å²) < 4.78 is 11.1. The van der Waals surface area contributed by atoms with Crippen LogP contribution in [0, 0.1) is 5.92 Å². The zero-order valence-corrected chi connectivity index (χ0v) is 14.9. The third-order valence-electron chi connectivity index (χ3n) is 5.47. The van der Waals surface area contributed by atoms with Gasteiger partial charge in [0.25, 0.3) is 0 Å². The number of nitrogens with zero attached hydrogens (tertiary/aromatic N) is 1. The van der Waals surface area contributed by atoms with Crippen LogP contribution in [0.25, 0.3) is 0 Å². The van der Waals surface area contributed by atoms with Gasteiger partial charge in [-0.05, 0) is 57.3 Å². The van der Waals surface area contributed by atoms with Crippen LogP contribution in [0.2, 0.25) is 0 Å². The highest BCUT2D eigenvalue weighted by Crippen LogP contribution is 2.42. The topological polar surface area (TPSA) is 59.0 Å². The summed E-state index contributed by atoms with van der Waals surface area (Å²) in [6.45, 7) is 4.52. The minimum atomic E-state index is -0.496. The number of aliphatic hydroxyl groups excluding tert-OH is 1. The zero-order chi connectivity index (χ0) is 17.0. The fraction of sp³-hybridized carbons (Fsp3) is 0.632. The molecule has 0 saturated carbocycles. The van der Waals surface area contributed by atoms with Gasteiger partial charge < -0.3 is 14.6 Å². The fourth-order valence-corrected chi connectivity index (χ4v) is 4.12. The Labute approximate surface area is 151 Å². The van der Waals surface area contributed by atoms with E-state index in [1.807, 2.05) is 37.3 Å². The van der Waals surface area contributed by atoms with Gasteiger partial charge in [0, 0.05) is 14.8 Å². The minimum Gasteiger partial charge on any atom is -0.492 e. The molecule has 0 aromatic heterocycles. The molecule has 3 saturated heterocycles. The van der Waals surface area contributed by atoms with E-state index in [0.29, 0.717) is 32.0 Å². The van der Waals surface area contributed by atoms with Crippen molar-refractivity contribution in [1.82, 2.24) is 4.90 Å². The van der Waals surface area contributed by atoms with Crippen LogP contribution in [0.5, 0.6) is 5.75 Å². The zero-order valence-electron chi connectivity index (χ0n) is 14.9. The van der Waals surface area contributed by atoms with Gasteiger partial charge in [0.05, 0.1) is 18.2 Å². The van der Waals surface area contributed by atoms with Crippen molar-refractivity contribution < 1.29 is 19.4 Å². The van der Waals surface area contributed by atoms with E-state index in [2.05, 4.69) is 4.90 Å². The van der Waals surface area contributed by atoms with Crippen LogP contribution in [0.3, 0.4) is 0 Å². The molecule has 25 heavy (non-hydrogen) atoms. The molecule has 2 atom stereocenters. The third-order valence-corrected chi connectivity index (χ3v) is 5.47. The van der Waals surface area contributed by atoms with Crippen molar-refractivity contribution in [2.75, 3.05) is 26.3 Å². The molecule has 5 nitrogen and oxygen atoms in total. The highest BCUT2D eigenvalue weighted by molar-refractivity contribution is 5.75. The predicted octanol–water partition coefficient (Wildman–Crippen LogP) is 1.85. The van der Waals surface area contributed by atoms with Gasteiger partial charge in [-0.2, -0.15) is 0 Å². The van der Waals surface area contributed by atoms with Crippen molar-refractivity contribution in [3.63, 3.8) is 0 Å². The maximum absolute atomic E-state index is 11.9. The number of aliphatic hydroxyl groups is 1. The van der Waals surface area contributed by atoms with Gasteiger partial charge in [-0.15, -0.1) is 0 Å². The second-order valence-electron chi connectivity index (χ2n) is 6.78. The second kappa shape index (κ2) is 8.72. The summed E-state index contributed by atoms with van der Waals surface area (Å²) in [4.78, 5) is 14.2. The monoisotopic (exact) mass is 344 g/mol. The van der Waals surface area contributed by atoms with Gasteiger partial charge >= 0.3 is 5.97 Å². The number of fused-ring (bicyclic) bond motifs is 3. The van der Waals surface area contributed by atoms with Gasteiger partial charge in [0.1, 0.15) is 12.4 Å². The van der Waals surface area contributed by atoms with Gasteiger partial charge in [0.15, 0.2) is 0 Å². The van der Waals surface area contributed by atoms with Crippen LogP contribution < -0.4 is 4.74 Å². The summed E-state index contributed by atoms with van der Waals surface area (Å²) in [5, 5.41) is 11.0. The van der Waals surface area contributed by atoms with E-state index in [1.165, 1.54) is 0 Å². The first-order chi connectivity index (χ1) is 11.7.